The highest BCUT2D eigenvalue weighted by atomic mass is 35.5. The molecule has 0 unspecified atom stereocenters. The SMILES string of the molecule is CCc1ccc(NC(=O)CN2C(=O)S/C(=C\c3cc([N+](=O)[O-])ccc3Cl)C2=O)cc1. The molecule has 2 aromatic carbocycles. The van der Waals surface area contributed by atoms with Crippen LogP contribution in [0.25, 0.3) is 6.08 Å². The van der Waals surface area contributed by atoms with Gasteiger partial charge in [0.05, 0.1) is 9.83 Å². The minimum Gasteiger partial charge on any atom is -0.325 e. The van der Waals surface area contributed by atoms with Crippen molar-refractivity contribution in [2.75, 3.05) is 11.9 Å². The molecule has 0 aromatic heterocycles. The average molecular weight is 446 g/mol. The van der Waals surface area contributed by atoms with Gasteiger partial charge in [0.25, 0.3) is 16.8 Å². The fourth-order valence-corrected chi connectivity index (χ4v) is 3.70. The lowest BCUT2D eigenvalue weighted by molar-refractivity contribution is -0.384. The van der Waals surface area contributed by atoms with E-state index in [2.05, 4.69) is 5.32 Å². The van der Waals surface area contributed by atoms with Crippen molar-refractivity contribution >= 4 is 57.9 Å². The van der Waals surface area contributed by atoms with Crippen molar-refractivity contribution < 1.29 is 19.3 Å². The highest BCUT2D eigenvalue weighted by Gasteiger charge is 2.36. The van der Waals surface area contributed by atoms with Gasteiger partial charge in [0.15, 0.2) is 0 Å². The molecule has 10 heteroatoms. The number of thioether (sulfide) groups is 1. The third kappa shape index (κ3) is 4.87. The summed E-state index contributed by atoms with van der Waals surface area (Å²) < 4.78 is 0. The maximum absolute atomic E-state index is 12.6. The van der Waals surface area contributed by atoms with E-state index in [-0.39, 0.29) is 21.2 Å². The minimum atomic E-state index is -0.663. The number of carbonyl (C=O) groups is 3. The van der Waals surface area contributed by atoms with E-state index in [9.17, 15) is 24.5 Å². The first-order valence-electron chi connectivity index (χ1n) is 8.86. The zero-order valence-corrected chi connectivity index (χ0v) is 17.3. The molecule has 1 N–H and O–H groups in total. The summed E-state index contributed by atoms with van der Waals surface area (Å²) in [4.78, 5) is 48.3. The van der Waals surface area contributed by atoms with Gasteiger partial charge in [-0.1, -0.05) is 30.7 Å². The highest BCUT2D eigenvalue weighted by molar-refractivity contribution is 8.18. The van der Waals surface area contributed by atoms with Gasteiger partial charge in [-0.25, -0.2) is 0 Å². The number of hydrogen-bond donors (Lipinski definition) is 1. The first-order chi connectivity index (χ1) is 14.3. The van der Waals surface area contributed by atoms with Crippen LogP contribution >= 0.6 is 23.4 Å². The third-order valence-electron chi connectivity index (χ3n) is 4.30. The first kappa shape index (κ1) is 21.5. The first-order valence-corrected chi connectivity index (χ1v) is 10.1. The van der Waals surface area contributed by atoms with E-state index in [1.165, 1.54) is 24.3 Å². The molecule has 2 aromatic rings. The largest absolute Gasteiger partial charge is 0.325 e. The van der Waals surface area contributed by atoms with Crippen molar-refractivity contribution in [2.45, 2.75) is 13.3 Å². The Morgan fingerprint density at radius 2 is 1.93 bits per heavy atom. The molecule has 0 atom stereocenters. The lowest BCUT2D eigenvalue weighted by Gasteiger charge is -2.12. The summed E-state index contributed by atoms with van der Waals surface area (Å²) >= 11 is 6.69. The number of non-ortho nitro benzene ring substituents is 1. The molecular formula is C20H16ClN3O5S. The molecule has 0 spiro atoms. The second kappa shape index (κ2) is 9.10. The van der Waals surface area contributed by atoms with Crippen LogP contribution in [0.2, 0.25) is 5.02 Å². The molecule has 1 heterocycles. The van der Waals surface area contributed by atoms with Gasteiger partial charge in [0.1, 0.15) is 6.54 Å². The fraction of sp³-hybridized carbons (Fsp3) is 0.150. The normalized spacial score (nSPS) is 15.0. The van der Waals surface area contributed by atoms with Crippen molar-refractivity contribution in [1.82, 2.24) is 4.90 Å². The Bertz CT molecular complexity index is 1070. The molecular weight excluding hydrogens is 430 g/mol. The van der Waals surface area contributed by atoms with Crippen molar-refractivity contribution in [3.8, 4) is 0 Å². The number of halogens is 1. The molecule has 154 valence electrons. The van der Waals surface area contributed by atoms with E-state index >= 15 is 0 Å². The Hall–Kier alpha value is -3.17. The molecule has 3 rings (SSSR count). The van der Waals surface area contributed by atoms with Gasteiger partial charge in [-0.2, -0.15) is 0 Å². The Morgan fingerprint density at radius 3 is 2.57 bits per heavy atom. The molecule has 3 amide bonds. The fourth-order valence-electron chi connectivity index (χ4n) is 2.70. The van der Waals surface area contributed by atoms with Crippen LogP contribution in [0.1, 0.15) is 18.1 Å². The summed E-state index contributed by atoms with van der Waals surface area (Å²) in [5.41, 5.74) is 1.71. The number of anilines is 1. The number of hydrogen-bond acceptors (Lipinski definition) is 6. The van der Waals surface area contributed by atoms with Crippen molar-refractivity contribution in [1.29, 1.82) is 0 Å². The smallest absolute Gasteiger partial charge is 0.294 e. The number of carbonyl (C=O) groups excluding carboxylic acids is 3. The second-order valence-corrected chi connectivity index (χ2v) is 7.73. The van der Waals surface area contributed by atoms with Gasteiger partial charge >= 0.3 is 0 Å². The predicted octanol–water partition coefficient (Wildman–Crippen LogP) is 4.49. The maximum atomic E-state index is 12.6. The predicted molar refractivity (Wildman–Crippen MR) is 115 cm³/mol. The van der Waals surface area contributed by atoms with Crippen LogP contribution in [-0.2, 0) is 16.0 Å². The summed E-state index contributed by atoms with van der Waals surface area (Å²) in [6, 6.07) is 11.0. The molecule has 30 heavy (non-hydrogen) atoms. The van der Waals surface area contributed by atoms with Gasteiger partial charge in [0, 0.05) is 28.4 Å². The number of nitro benzene ring substituents is 1. The molecule has 1 aliphatic rings. The number of nitrogens with zero attached hydrogens (tertiary/aromatic N) is 2. The van der Waals surface area contributed by atoms with Gasteiger partial charge in [-0.05, 0) is 48.0 Å². The van der Waals surface area contributed by atoms with Crippen molar-refractivity contribution in [3.63, 3.8) is 0 Å². The number of nitrogens with one attached hydrogen (secondary N) is 1. The Kier molecular flexibility index (Phi) is 6.53. The monoisotopic (exact) mass is 445 g/mol. The lowest BCUT2D eigenvalue weighted by atomic mass is 10.1. The van der Waals surface area contributed by atoms with Crippen LogP contribution in [0.5, 0.6) is 0 Å². The van der Waals surface area contributed by atoms with Gasteiger partial charge < -0.3 is 5.32 Å². The maximum Gasteiger partial charge on any atom is 0.294 e. The Labute approximate surface area is 181 Å². The van der Waals surface area contributed by atoms with E-state index < -0.39 is 28.5 Å². The van der Waals surface area contributed by atoms with E-state index in [4.69, 9.17) is 11.6 Å². The van der Waals surface area contributed by atoms with Gasteiger partial charge in [-0.15, -0.1) is 0 Å². The van der Waals surface area contributed by atoms with Crippen LogP contribution < -0.4 is 5.32 Å². The summed E-state index contributed by atoms with van der Waals surface area (Å²) in [7, 11) is 0. The highest BCUT2D eigenvalue weighted by Crippen LogP contribution is 2.34. The number of amides is 3. The van der Waals surface area contributed by atoms with Crippen LogP contribution in [-0.4, -0.2) is 33.4 Å². The quantitative estimate of drug-likeness (QED) is 0.398. The van der Waals surface area contributed by atoms with Crippen molar-refractivity contribution in [2.24, 2.45) is 0 Å². The number of imide groups is 1. The molecule has 8 nitrogen and oxygen atoms in total. The minimum absolute atomic E-state index is 0.0301. The second-order valence-electron chi connectivity index (χ2n) is 6.33. The topological polar surface area (TPSA) is 110 Å². The lowest BCUT2D eigenvalue weighted by Crippen LogP contribution is -2.36. The van der Waals surface area contributed by atoms with E-state index in [0.717, 1.165) is 16.9 Å². The van der Waals surface area contributed by atoms with E-state index in [0.29, 0.717) is 17.4 Å². The molecule has 0 saturated carbocycles. The molecule has 0 aliphatic carbocycles. The van der Waals surface area contributed by atoms with Crippen LogP contribution in [0, 0.1) is 10.1 Å². The molecule has 0 radical (unpaired) electrons. The molecule has 1 saturated heterocycles. The van der Waals surface area contributed by atoms with Crippen LogP contribution in [0.15, 0.2) is 47.4 Å². The summed E-state index contributed by atoms with van der Waals surface area (Å²) in [6.45, 7) is 1.57. The molecule has 1 aliphatic heterocycles. The third-order valence-corrected chi connectivity index (χ3v) is 5.55. The van der Waals surface area contributed by atoms with Crippen LogP contribution in [0.3, 0.4) is 0 Å². The summed E-state index contributed by atoms with van der Waals surface area (Å²) in [6.07, 6.45) is 2.17. The van der Waals surface area contributed by atoms with Gasteiger partial charge in [-0.3, -0.25) is 29.4 Å². The average Bonchev–Trinajstić information content (AvgIpc) is 2.97. The number of rotatable bonds is 6. The zero-order chi connectivity index (χ0) is 21.8. The Balaban J connectivity index is 1.72. The Morgan fingerprint density at radius 1 is 1.23 bits per heavy atom. The number of benzene rings is 2. The standard InChI is InChI=1S/C20H16ClN3O5S/c1-2-12-3-5-14(6-4-12)22-18(25)11-23-19(26)17(30-20(23)27)10-13-9-15(24(28)29)7-8-16(13)21/h3-10H,2,11H2,1H3,(H,22,25)/b17-10-. The zero-order valence-electron chi connectivity index (χ0n) is 15.8. The van der Waals surface area contributed by atoms with Crippen LogP contribution in [0.4, 0.5) is 16.2 Å². The number of nitro groups is 1. The summed E-state index contributed by atoms with van der Waals surface area (Å²) in [5.74, 6) is -1.18. The van der Waals surface area contributed by atoms with E-state index in [1.54, 1.807) is 12.1 Å². The number of aryl methyl sites for hydroxylation is 1. The molecule has 1 fully saturated rings. The van der Waals surface area contributed by atoms with Gasteiger partial charge in [0.2, 0.25) is 5.91 Å². The summed E-state index contributed by atoms with van der Waals surface area (Å²) in [5, 5.41) is 13.2. The van der Waals surface area contributed by atoms with Crippen molar-refractivity contribution in [3.05, 3.63) is 73.6 Å². The molecule has 0 bridgehead atoms. The van der Waals surface area contributed by atoms with E-state index in [1.807, 2.05) is 19.1 Å².